The molecule has 0 atom stereocenters. The first kappa shape index (κ1) is 13.1. The van der Waals surface area contributed by atoms with Crippen molar-refractivity contribution >= 4 is 11.3 Å². The molecule has 1 N–H and O–H groups in total. The summed E-state index contributed by atoms with van der Waals surface area (Å²) in [5.74, 6) is 0. The van der Waals surface area contributed by atoms with Crippen molar-refractivity contribution in [3.8, 4) is 0 Å². The fourth-order valence-electron chi connectivity index (χ4n) is 2.00. The van der Waals surface area contributed by atoms with Gasteiger partial charge in [-0.25, -0.2) is 0 Å². The van der Waals surface area contributed by atoms with Crippen molar-refractivity contribution in [1.29, 1.82) is 0 Å². The first-order valence-corrected chi connectivity index (χ1v) is 6.22. The van der Waals surface area contributed by atoms with Crippen molar-refractivity contribution in [2.24, 2.45) is 5.16 Å². The number of aryl methyl sites for hydroxylation is 1. The van der Waals surface area contributed by atoms with Crippen LogP contribution in [0.15, 0.2) is 66.3 Å². The molecule has 19 heavy (non-hydrogen) atoms. The molecule has 2 rings (SSSR count). The molecule has 0 bridgehead atoms. The Morgan fingerprint density at radius 2 is 1.74 bits per heavy atom. The van der Waals surface area contributed by atoms with Gasteiger partial charge >= 0.3 is 0 Å². The third-order valence-electron chi connectivity index (χ3n) is 3.03. The molecule has 0 aliphatic rings. The van der Waals surface area contributed by atoms with E-state index in [2.05, 4.69) is 11.7 Å². The normalized spacial score (nSPS) is 11.3. The van der Waals surface area contributed by atoms with E-state index >= 15 is 0 Å². The second-order valence-corrected chi connectivity index (χ2v) is 4.56. The SMILES string of the molecule is C=C(CC(=NO)c1cccc(C)c1)c1ccccc1. The quantitative estimate of drug-likeness (QED) is 0.491. The average molecular weight is 251 g/mol. The van der Waals surface area contributed by atoms with Gasteiger partial charge in [0.1, 0.15) is 0 Å². The summed E-state index contributed by atoms with van der Waals surface area (Å²) >= 11 is 0. The van der Waals surface area contributed by atoms with E-state index in [0.29, 0.717) is 12.1 Å². The summed E-state index contributed by atoms with van der Waals surface area (Å²) in [6.45, 7) is 6.09. The van der Waals surface area contributed by atoms with Gasteiger partial charge < -0.3 is 5.21 Å². The molecule has 0 aliphatic heterocycles. The van der Waals surface area contributed by atoms with Crippen LogP contribution in [0.5, 0.6) is 0 Å². The molecule has 0 aliphatic carbocycles. The summed E-state index contributed by atoms with van der Waals surface area (Å²) < 4.78 is 0. The highest BCUT2D eigenvalue weighted by molar-refractivity contribution is 6.05. The molecule has 96 valence electrons. The van der Waals surface area contributed by atoms with Gasteiger partial charge in [0.05, 0.1) is 5.71 Å². The lowest BCUT2D eigenvalue weighted by molar-refractivity contribution is 0.318. The third-order valence-corrected chi connectivity index (χ3v) is 3.03. The number of oxime groups is 1. The highest BCUT2D eigenvalue weighted by Crippen LogP contribution is 2.19. The smallest absolute Gasteiger partial charge is 0.0911 e. The summed E-state index contributed by atoms with van der Waals surface area (Å²) in [5.41, 5.74) is 4.72. The Kier molecular flexibility index (Phi) is 4.14. The van der Waals surface area contributed by atoms with Crippen LogP contribution in [0.4, 0.5) is 0 Å². The Morgan fingerprint density at radius 1 is 1.05 bits per heavy atom. The number of hydrogen-bond acceptors (Lipinski definition) is 2. The molecular weight excluding hydrogens is 234 g/mol. The summed E-state index contributed by atoms with van der Waals surface area (Å²) in [4.78, 5) is 0. The van der Waals surface area contributed by atoms with Crippen LogP contribution in [0.2, 0.25) is 0 Å². The van der Waals surface area contributed by atoms with Gasteiger partial charge in [-0.05, 0) is 23.6 Å². The predicted molar refractivity (Wildman–Crippen MR) is 79.6 cm³/mol. The number of hydrogen-bond donors (Lipinski definition) is 1. The lowest BCUT2D eigenvalue weighted by Crippen LogP contribution is -2.02. The average Bonchev–Trinajstić information content (AvgIpc) is 2.45. The fourth-order valence-corrected chi connectivity index (χ4v) is 2.00. The standard InChI is InChI=1S/C17H17NO/c1-13-7-6-10-16(11-13)17(18-19)12-14(2)15-8-4-3-5-9-15/h3-11,19H,2,12H2,1H3. The van der Waals surface area contributed by atoms with E-state index in [1.54, 1.807) is 0 Å². The van der Waals surface area contributed by atoms with E-state index in [4.69, 9.17) is 0 Å². The first-order valence-electron chi connectivity index (χ1n) is 6.22. The van der Waals surface area contributed by atoms with Gasteiger partial charge in [0, 0.05) is 6.42 Å². The van der Waals surface area contributed by atoms with Gasteiger partial charge in [0.15, 0.2) is 0 Å². The molecular formula is C17H17NO. The van der Waals surface area contributed by atoms with Gasteiger partial charge in [0.2, 0.25) is 0 Å². The van der Waals surface area contributed by atoms with Gasteiger partial charge in [-0.3, -0.25) is 0 Å². The van der Waals surface area contributed by atoms with Crippen LogP contribution in [0.25, 0.3) is 5.57 Å². The number of benzene rings is 2. The van der Waals surface area contributed by atoms with Crippen LogP contribution in [0, 0.1) is 6.92 Å². The minimum Gasteiger partial charge on any atom is -0.411 e. The summed E-state index contributed by atoms with van der Waals surface area (Å²) in [6.07, 6.45) is 0.532. The molecule has 0 fully saturated rings. The lowest BCUT2D eigenvalue weighted by atomic mass is 9.97. The third kappa shape index (κ3) is 3.32. The Labute approximate surface area is 113 Å². The molecule has 0 saturated carbocycles. The van der Waals surface area contributed by atoms with Crippen molar-refractivity contribution < 1.29 is 5.21 Å². The zero-order chi connectivity index (χ0) is 13.7. The van der Waals surface area contributed by atoms with Gasteiger partial charge in [-0.15, -0.1) is 0 Å². The number of rotatable bonds is 4. The van der Waals surface area contributed by atoms with Crippen molar-refractivity contribution in [3.63, 3.8) is 0 Å². The summed E-state index contributed by atoms with van der Waals surface area (Å²) in [7, 11) is 0. The molecule has 2 aromatic rings. The van der Waals surface area contributed by atoms with Crippen LogP contribution in [-0.2, 0) is 0 Å². The molecule has 0 unspecified atom stereocenters. The predicted octanol–water partition coefficient (Wildman–Crippen LogP) is 4.28. The summed E-state index contributed by atoms with van der Waals surface area (Å²) in [6, 6.07) is 17.9. The topological polar surface area (TPSA) is 32.6 Å². The van der Waals surface area contributed by atoms with Crippen molar-refractivity contribution in [2.75, 3.05) is 0 Å². The second-order valence-electron chi connectivity index (χ2n) is 4.56. The monoisotopic (exact) mass is 251 g/mol. The zero-order valence-corrected chi connectivity index (χ0v) is 11.0. The van der Waals surface area contributed by atoms with Gasteiger partial charge in [-0.1, -0.05) is 71.9 Å². The first-order chi connectivity index (χ1) is 9.20. The van der Waals surface area contributed by atoms with E-state index in [9.17, 15) is 5.21 Å². The molecule has 0 radical (unpaired) electrons. The van der Waals surface area contributed by atoms with Crippen LogP contribution >= 0.6 is 0 Å². The maximum Gasteiger partial charge on any atom is 0.0911 e. The largest absolute Gasteiger partial charge is 0.411 e. The molecule has 2 nitrogen and oxygen atoms in total. The van der Waals surface area contributed by atoms with E-state index in [-0.39, 0.29) is 0 Å². The van der Waals surface area contributed by atoms with Crippen LogP contribution < -0.4 is 0 Å². The second kappa shape index (κ2) is 6.01. The molecule has 0 aromatic heterocycles. The zero-order valence-electron chi connectivity index (χ0n) is 11.0. The highest BCUT2D eigenvalue weighted by Gasteiger charge is 2.08. The molecule has 0 heterocycles. The van der Waals surface area contributed by atoms with Crippen LogP contribution in [0.1, 0.15) is 23.1 Å². The Bertz CT molecular complexity index is 600. The number of allylic oxidation sites excluding steroid dienone is 1. The Balaban J connectivity index is 2.19. The van der Waals surface area contributed by atoms with Crippen molar-refractivity contribution in [2.45, 2.75) is 13.3 Å². The lowest BCUT2D eigenvalue weighted by Gasteiger charge is -2.08. The number of nitrogens with zero attached hydrogens (tertiary/aromatic N) is 1. The van der Waals surface area contributed by atoms with E-state index in [0.717, 1.165) is 22.3 Å². The molecule has 2 heteroatoms. The Hall–Kier alpha value is -2.35. The molecule has 0 saturated heterocycles. The van der Waals surface area contributed by atoms with Crippen LogP contribution in [0.3, 0.4) is 0 Å². The molecule has 0 spiro atoms. The minimum absolute atomic E-state index is 0.532. The Morgan fingerprint density at radius 3 is 2.37 bits per heavy atom. The van der Waals surface area contributed by atoms with Crippen molar-refractivity contribution in [3.05, 3.63) is 77.9 Å². The van der Waals surface area contributed by atoms with Gasteiger partial charge in [-0.2, -0.15) is 0 Å². The van der Waals surface area contributed by atoms with E-state index < -0.39 is 0 Å². The maximum absolute atomic E-state index is 9.21. The molecule has 2 aromatic carbocycles. The maximum atomic E-state index is 9.21. The van der Waals surface area contributed by atoms with E-state index in [1.165, 1.54) is 0 Å². The summed E-state index contributed by atoms with van der Waals surface area (Å²) in [5, 5.41) is 12.6. The molecule has 0 amide bonds. The minimum atomic E-state index is 0.532. The van der Waals surface area contributed by atoms with E-state index in [1.807, 2.05) is 61.5 Å². The highest BCUT2D eigenvalue weighted by atomic mass is 16.4. The van der Waals surface area contributed by atoms with Crippen molar-refractivity contribution in [1.82, 2.24) is 0 Å². The van der Waals surface area contributed by atoms with Crippen LogP contribution in [-0.4, -0.2) is 10.9 Å². The van der Waals surface area contributed by atoms with Gasteiger partial charge in [0.25, 0.3) is 0 Å². The fraction of sp³-hybridized carbons (Fsp3) is 0.118.